The third-order valence-electron chi connectivity index (χ3n) is 5.98. The van der Waals surface area contributed by atoms with Gasteiger partial charge in [0, 0.05) is 31.5 Å². The van der Waals surface area contributed by atoms with Crippen LogP contribution in [0.2, 0.25) is 0 Å². The Labute approximate surface area is 184 Å². The van der Waals surface area contributed by atoms with Crippen molar-refractivity contribution in [3.63, 3.8) is 0 Å². The first-order valence-electron chi connectivity index (χ1n) is 11.0. The summed E-state index contributed by atoms with van der Waals surface area (Å²) >= 11 is 0. The Morgan fingerprint density at radius 3 is 2.10 bits per heavy atom. The van der Waals surface area contributed by atoms with Crippen molar-refractivity contribution >= 4 is 29.5 Å². The standard InChI is InChI=1S/C27H30N2O2/c1-27(2,3)26(31)28-16-14-24(30)29-17-15-21(18-29)25-22-10-6-4-8-19(22)12-13-20-9-5-7-11-23(20)25/h4-13H,14-18H2,1-3H3,(H,28,31). The van der Waals surface area contributed by atoms with E-state index in [0.29, 0.717) is 19.5 Å². The number of rotatable bonds is 3. The molecule has 31 heavy (non-hydrogen) atoms. The van der Waals surface area contributed by atoms with Gasteiger partial charge in [-0.2, -0.15) is 0 Å². The van der Waals surface area contributed by atoms with E-state index in [0.717, 1.165) is 13.0 Å². The molecule has 1 heterocycles. The first-order chi connectivity index (χ1) is 14.8. The summed E-state index contributed by atoms with van der Waals surface area (Å²) in [6, 6.07) is 16.9. The second-order valence-corrected chi connectivity index (χ2v) is 9.31. The molecule has 1 N–H and O–H groups in total. The highest BCUT2D eigenvalue weighted by Crippen LogP contribution is 2.38. The Bertz CT molecular complexity index is 1020. The number of hydrogen-bond acceptors (Lipinski definition) is 2. The summed E-state index contributed by atoms with van der Waals surface area (Å²) in [5.74, 6) is 0.0711. The fourth-order valence-electron chi connectivity index (χ4n) is 4.23. The van der Waals surface area contributed by atoms with Crippen molar-refractivity contribution in [3.05, 3.63) is 76.4 Å². The van der Waals surface area contributed by atoms with Gasteiger partial charge in [-0.25, -0.2) is 0 Å². The predicted molar refractivity (Wildman–Crippen MR) is 126 cm³/mol. The van der Waals surface area contributed by atoms with Gasteiger partial charge in [-0.15, -0.1) is 0 Å². The minimum absolute atomic E-state index is 0.0244. The third-order valence-corrected chi connectivity index (χ3v) is 5.98. The molecule has 4 nitrogen and oxygen atoms in total. The molecule has 0 saturated carbocycles. The van der Waals surface area contributed by atoms with Gasteiger partial charge in [0.15, 0.2) is 0 Å². The summed E-state index contributed by atoms with van der Waals surface area (Å²) in [4.78, 5) is 26.8. The Hall–Kier alpha value is -3.14. The van der Waals surface area contributed by atoms with E-state index in [1.807, 2.05) is 25.7 Å². The maximum atomic E-state index is 12.8. The topological polar surface area (TPSA) is 49.4 Å². The molecule has 2 aliphatic rings. The zero-order valence-electron chi connectivity index (χ0n) is 18.6. The maximum Gasteiger partial charge on any atom is 0.225 e. The molecule has 0 unspecified atom stereocenters. The molecule has 0 radical (unpaired) electrons. The van der Waals surface area contributed by atoms with Gasteiger partial charge in [0.1, 0.15) is 0 Å². The average molecular weight is 415 g/mol. The number of hydrogen-bond donors (Lipinski definition) is 1. The van der Waals surface area contributed by atoms with Crippen LogP contribution in [0.3, 0.4) is 0 Å². The van der Waals surface area contributed by atoms with Crippen molar-refractivity contribution in [1.82, 2.24) is 10.2 Å². The second-order valence-electron chi connectivity index (χ2n) is 9.31. The number of fused-ring (bicyclic) bond motifs is 2. The SMILES string of the molecule is CC(C)(C)C(=O)NCCC(=O)N1CCC(=C2c3ccccc3C=Cc3ccccc32)C1. The molecule has 0 aromatic heterocycles. The van der Waals surface area contributed by atoms with Gasteiger partial charge in [0.25, 0.3) is 0 Å². The van der Waals surface area contributed by atoms with Crippen LogP contribution in [0.25, 0.3) is 17.7 Å². The molecule has 2 amide bonds. The zero-order valence-corrected chi connectivity index (χ0v) is 18.6. The summed E-state index contributed by atoms with van der Waals surface area (Å²) in [6.07, 6.45) is 5.56. The highest BCUT2D eigenvalue weighted by molar-refractivity contribution is 5.95. The predicted octanol–water partition coefficient (Wildman–Crippen LogP) is 4.76. The molecule has 2 aromatic rings. The lowest BCUT2D eigenvalue weighted by Gasteiger charge is -2.19. The van der Waals surface area contributed by atoms with E-state index < -0.39 is 5.41 Å². The van der Waals surface area contributed by atoms with Crippen molar-refractivity contribution in [2.24, 2.45) is 5.41 Å². The molecular formula is C27H30N2O2. The van der Waals surface area contributed by atoms with E-state index in [1.54, 1.807) is 0 Å². The van der Waals surface area contributed by atoms with Crippen molar-refractivity contribution in [1.29, 1.82) is 0 Å². The van der Waals surface area contributed by atoms with Crippen molar-refractivity contribution < 1.29 is 9.59 Å². The van der Waals surface area contributed by atoms with E-state index in [1.165, 1.54) is 33.4 Å². The van der Waals surface area contributed by atoms with Crippen molar-refractivity contribution in [2.45, 2.75) is 33.6 Å². The molecular weight excluding hydrogens is 384 g/mol. The number of amides is 2. The highest BCUT2D eigenvalue weighted by Gasteiger charge is 2.27. The van der Waals surface area contributed by atoms with Crippen LogP contribution in [-0.4, -0.2) is 36.3 Å². The molecule has 1 saturated heterocycles. The molecule has 160 valence electrons. The number of benzene rings is 2. The normalized spacial score (nSPS) is 15.4. The van der Waals surface area contributed by atoms with Crippen LogP contribution in [0, 0.1) is 5.41 Å². The van der Waals surface area contributed by atoms with Gasteiger partial charge in [-0.1, -0.05) is 81.5 Å². The Morgan fingerprint density at radius 1 is 0.935 bits per heavy atom. The molecule has 1 aliphatic heterocycles. The summed E-state index contributed by atoms with van der Waals surface area (Å²) in [6.45, 7) is 7.38. The Kier molecular flexibility index (Phi) is 5.81. The van der Waals surface area contributed by atoms with Crippen LogP contribution in [-0.2, 0) is 9.59 Å². The molecule has 0 spiro atoms. The maximum absolute atomic E-state index is 12.8. The summed E-state index contributed by atoms with van der Waals surface area (Å²) in [7, 11) is 0. The number of likely N-dealkylation sites (tertiary alicyclic amines) is 1. The minimum atomic E-state index is -0.442. The van der Waals surface area contributed by atoms with Gasteiger partial charge >= 0.3 is 0 Å². The molecule has 2 aromatic carbocycles. The molecule has 1 aliphatic carbocycles. The van der Waals surface area contributed by atoms with Crippen molar-refractivity contribution in [3.8, 4) is 0 Å². The number of nitrogens with zero attached hydrogens (tertiary/aromatic N) is 1. The first-order valence-corrected chi connectivity index (χ1v) is 11.0. The van der Waals surface area contributed by atoms with Gasteiger partial charge in [-0.05, 0) is 39.8 Å². The van der Waals surface area contributed by atoms with E-state index in [2.05, 4.69) is 66.0 Å². The Balaban J connectivity index is 1.55. The lowest BCUT2D eigenvalue weighted by molar-refractivity contribution is -0.130. The van der Waals surface area contributed by atoms with Gasteiger partial charge < -0.3 is 10.2 Å². The lowest BCUT2D eigenvalue weighted by atomic mass is 9.89. The summed E-state index contributed by atoms with van der Waals surface area (Å²) in [5, 5.41) is 2.88. The monoisotopic (exact) mass is 414 g/mol. The van der Waals surface area contributed by atoms with Gasteiger partial charge in [0.05, 0.1) is 0 Å². The van der Waals surface area contributed by atoms with Gasteiger partial charge in [0.2, 0.25) is 11.8 Å². The minimum Gasteiger partial charge on any atom is -0.355 e. The summed E-state index contributed by atoms with van der Waals surface area (Å²) in [5.41, 5.74) is 6.98. The van der Waals surface area contributed by atoms with E-state index in [-0.39, 0.29) is 11.8 Å². The fraction of sp³-hybridized carbons (Fsp3) is 0.333. The zero-order chi connectivity index (χ0) is 22.0. The van der Waals surface area contributed by atoms with E-state index in [4.69, 9.17) is 0 Å². The second kappa shape index (κ2) is 8.54. The van der Waals surface area contributed by atoms with Crippen LogP contribution in [0.1, 0.15) is 55.9 Å². The Morgan fingerprint density at radius 2 is 1.52 bits per heavy atom. The van der Waals surface area contributed by atoms with E-state index >= 15 is 0 Å². The lowest BCUT2D eigenvalue weighted by Crippen LogP contribution is -2.37. The quantitative estimate of drug-likeness (QED) is 0.672. The van der Waals surface area contributed by atoms with E-state index in [9.17, 15) is 9.59 Å². The van der Waals surface area contributed by atoms with Crippen LogP contribution in [0.5, 0.6) is 0 Å². The molecule has 4 heteroatoms. The number of carbonyl (C=O) groups is 2. The molecule has 4 rings (SSSR count). The highest BCUT2D eigenvalue weighted by atomic mass is 16.2. The molecule has 1 fully saturated rings. The molecule has 0 atom stereocenters. The number of nitrogens with one attached hydrogen (secondary N) is 1. The van der Waals surface area contributed by atoms with Crippen LogP contribution in [0.4, 0.5) is 0 Å². The average Bonchev–Trinajstić information content (AvgIpc) is 3.16. The van der Waals surface area contributed by atoms with Gasteiger partial charge in [-0.3, -0.25) is 9.59 Å². The van der Waals surface area contributed by atoms with Crippen LogP contribution >= 0.6 is 0 Å². The largest absolute Gasteiger partial charge is 0.355 e. The number of carbonyl (C=O) groups excluding carboxylic acids is 2. The van der Waals surface area contributed by atoms with Crippen LogP contribution in [0.15, 0.2) is 54.1 Å². The third kappa shape index (κ3) is 4.48. The first kappa shape index (κ1) is 21.1. The summed E-state index contributed by atoms with van der Waals surface area (Å²) < 4.78 is 0. The van der Waals surface area contributed by atoms with Crippen molar-refractivity contribution in [2.75, 3.05) is 19.6 Å². The smallest absolute Gasteiger partial charge is 0.225 e. The van der Waals surface area contributed by atoms with Crippen LogP contribution < -0.4 is 5.32 Å². The fourth-order valence-corrected chi connectivity index (χ4v) is 4.23. The molecule has 0 bridgehead atoms.